The third-order valence-electron chi connectivity index (χ3n) is 1.78. The zero-order valence-corrected chi connectivity index (χ0v) is 8.16. The van der Waals surface area contributed by atoms with Crippen LogP contribution in [0.2, 0.25) is 0 Å². The third kappa shape index (κ3) is 1.48. The number of nitrogens with one attached hydrogen (secondary N) is 1. The number of aromatic amines is 1. The lowest BCUT2D eigenvalue weighted by Crippen LogP contribution is -2.08. The SMILES string of the molecule is Fc1cc(F)c(F)c(-n2[nH]nnc2=S)c1F. The van der Waals surface area contributed by atoms with Crippen LogP contribution in [0, 0.1) is 28.0 Å². The van der Waals surface area contributed by atoms with E-state index >= 15 is 0 Å². The number of H-pyrrole nitrogens is 1. The molecule has 1 aromatic carbocycles. The quantitative estimate of drug-likeness (QED) is 0.477. The molecule has 1 heterocycles. The molecule has 0 saturated carbocycles. The molecule has 1 aromatic heterocycles. The molecule has 0 radical (unpaired) electrons. The molecule has 0 atom stereocenters. The van der Waals surface area contributed by atoms with Gasteiger partial charge in [0.15, 0.2) is 23.3 Å². The Labute approximate surface area is 90.5 Å². The average Bonchev–Trinajstić information content (AvgIpc) is 2.63. The molecule has 0 unspecified atom stereocenters. The Morgan fingerprint density at radius 3 is 2.12 bits per heavy atom. The fourth-order valence-electron chi connectivity index (χ4n) is 1.10. The van der Waals surface area contributed by atoms with Crippen LogP contribution in [0.25, 0.3) is 5.69 Å². The summed E-state index contributed by atoms with van der Waals surface area (Å²) >= 11 is 4.55. The average molecular weight is 250 g/mol. The number of hydrogen-bond donors (Lipinski definition) is 1. The molecule has 0 aliphatic rings. The number of rotatable bonds is 1. The molecule has 1 N–H and O–H groups in total. The summed E-state index contributed by atoms with van der Waals surface area (Å²) in [5.74, 6) is -6.24. The van der Waals surface area contributed by atoms with Gasteiger partial charge >= 0.3 is 0 Å². The van der Waals surface area contributed by atoms with Crippen molar-refractivity contribution in [1.29, 1.82) is 0 Å². The predicted octanol–water partition coefficient (Wildman–Crippen LogP) is 1.88. The van der Waals surface area contributed by atoms with Gasteiger partial charge in [-0.2, -0.15) is 5.21 Å². The minimum atomic E-state index is -1.58. The number of nitrogens with zero attached hydrogens (tertiary/aromatic N) is 3. The van der Waals surface area contributed by atoms with Crippen LogP contribution in [0.3, 0.4) is 0 Å². The summed E-state index contributed by atoms with van der Waals surface area (Å²) in [6.07, 6.45) is 0. The minimum Gasteiger partial charge on any atom is -0.204 e. The molecular formula is C7H2F4N4S. The van der Waals surface area contributed by atoms with Gasteiger partial charge < -0.3 is 0 Å². The summed E-state index contributed by atoms with van der Waals surface area (Å²) in [5, 5.41) is 8.37. The summed E-state index contributed by atoms with van der Waals surface area (Å²) in [5.41, 5.74) is -1.02. The van der Waals surface area contributed by atoms with Crippen LogP contribution in [0.1, 0.15) is 0 Å². The predicted molar refractivity (Wildman–Crippen MR) is 46.4 cm³/mol. The van der Waals surface area contributed by atoms with Crippen LogP contribution in [-0.2, 0) is 0 Å². The lowest BCUT2D eigenvalue weighted by atomic mass is 10.2. The molecule has 4 nitrogen and oxygen atoms in total. The smallest absolute Gasteiger partial charge is 0.204 e. The molecule has 0 amide bonds. The monoisotopic (exact) mass is 250 g/mol. The highest BCUT2D eigenvalue weighted by Crippen LogP contribution is 2.22. The first-order valence-corrected chi connectivity index (χ1v) is 4.26. The standard InChI is InChI=1S/C7H2F4N4S/c8-2-1-3(9)5(11)6(4(2)10)15-7(16)12-13-14-15/h1H,(H,12,14,16). The minimum absolute atomic E-state index is 0.0988. The van der Waals surface area contributed by atoms with Crippen molar-refractivity contribution >= 4 is 12.2 Å². The summed E-state index contributed by atoms with van der Waals surface area (Å²) in [6, 6.07) is 0.0988. The Morgan fingerprint density at radius 1 is 1.12 bits per heavy atom. The number of benzene rings is 1. The maximum atomic E-state index is 13.3. The number of halogens is 4. The van der Waals surface area contributed by atoms with Crippen molar-refractivity contribution in [2.75, 3.05) is 0 Å². The van der Waals surface area contributed by atoms with Crippen LogP contribution >= 0.6 is 12.2 Å². The van der Waals surface area contributed by atoms with Gasteiger partial charge in [0.1, 0.15) is 5.69 Å². The van der Waals surface area contributed by atoms with E-state index in [1.165, 1.54) is 0 Å². The normalized spacial score (nSPS) is 10.8. The molecule has 0 bridgehead atoms. The second-order valence-electron chi connectivity index (χ2n) is 2.73. The molecule has 2 rings (SSSR count). The number of aromatic nitrogens is 4. The Bertz CT molecular complexity index is 579. The Hall–Kier alpha value is -1.77. The summed E-state index contributed by atoms with van der Waals surface area (Å²) in [4.78, 5) is 0. The first kappa shape index (κ1) is 10.7. The maximum Gasteiger partial charge on any atom is 0.243 e. The molecule has 0 fully saturated rings. The van der Waals surface area contributed by atoms with E-state index in [-0.39, 0.29) is 10.8 Å². The molecule has 0 aliphatic carbocycles. The first-order valence-electron chi connectivity index (χ1n) is 3.86. The second kappa shape index (κ2) is 3.67. The molecule has 9 heteroatoms. The van der Waals surface area contributed by atoms with E-state index in [4.69, 9.17) is 0 Å². The van der Waals surface area contributed by atoms with Gasteiger partial charge in [-0.1, -0.05) is 10.3 Å². The molecule has 0 saturated heterocycles. The summed E-state index contributed by atoms with van der Waals surface area (Å²) < 4.78 is 52.4. The van der Waals surface area contributed by atoms with E-state index in [0.717, 1.165) is 0 Å². The molecule has 84 valence electrons. The van der Waals surface area contributed by atoms with Gasteiger partial charge in [-0.25, -0.2) is 22.2 Å². The van der Waals surface area contributed by atoms with Crippen molar-refractivity contribution in [2.45, 2.75) is 0 Å². The maximum absolute atomic E-state index is 13.3. The zero-order chi connectivity index (χ0) is 11.9. The van der Waals surface area contributed by atoms with Crippen molar-refractivity contribution in [2.24, 2.45) is 0 Å². The third-order valence-corrected chi connectivity index (χ3v) is 2.05. The topological polar surface area (TPSA) is 46.5 Å². The highest BCUT2D eigenvalue weighted by atomic mass is 32.1. The molecule has 0 spiro atoms. The van der Waals surface area contributed by atoms with Gasteiger partial charge in [-0.05, 0) is 12.2 Å². The zero-order valence-electron chi connectivity index (χ0n) is 7.34. The fourth-order valence-corrected chi connectivity index (χ4v) is 1.27. The van der Waals surface area contributed by atoms with Crippen molar-refractivity contribution in [3.8, 4) is 5.69 Å². The highest BCUT2D eigenvalue weighted by Gasteiger charge is 2.21. The molecule has 16 heavy (non-hydrogen) atoms. The van der Waals surface area contributed by atoms with Crippen LogP contribution < -0.4 is 0 Å². The lowest BCUT2D eigenvalue weighted by Gasteiger charge is -2.05. The van der Waals surface area contributed by atoms with E-state index in [1.807, 2.05) is 5.21 Å². The van der Waals surface area contributed by atoms with E-state index in [2.05, 4.69) is 22.5 Å². The number of tetrazole rings is 1. The summed E-state index contributed by atoms with van der Waals surface area (Å²) in [7, 11) is 0. The van der Waals surface area contributed by atoms with Gasteiger partial charge in [0.25, 0.3) is 0 Å². The van der Waals surface area contributed by atoms with Crippen molar-refractivity contribution in [3.63, 3.8) is 0 Å². The van der Waals surface area contributed by atoms with E-state index in [0.29, 0.717) is 4.68 Å². The van der Waals surface area contributed by atoms with E-state index < -0.39 is 29.0 Å². The van der Waals surface area contributed by atoms with E-state index in [9.17, 15) is 17.6 Å². The Morgan fingerprint density at radius 2 is 1.69 bits per heavy atom. The Kier molecular flexibility index (Phi) is 2.46. The largest absolute Gasteiger partial charge is 0.243 e. The van der Waals surface area contributed by atoms with E-state index in [1.54, 1.807) is 0 Å². The van der Waals surface area contributed by atoms with Crippen LogP contribution in [0.4, 0.5) is 17.6 Å². The fraction of sp³-hybridized carbons (Fsp3) is 0. The van der Waals surface area contributed by atoms with Gasteiger partial charge in [0.2, 0.25) is 4.77 Å². The van der Waals surface area contributed by atoms with Crippen LogP contribution in [0.5, 0.6) is 0 Å². The highest BCUT2D eigenvalue weighted by molar-refractivity contribution is 7.71. The Balaban J connectivity index is 2.84. The first-order chi connectivity index (χ1) is 7.52. The number of hydrogen-bond acceptors (Lipinski definition) is 3. The second-order valence-corrected chi connectivity index (χ2v) is 3.10. The van der Waals surface area contributed by atoms with Crippen molar-refractivity contribution in [3.05, 3.63) is 34.1 Å². The molecule has 2 aromatic rings. The lowest BCUT2D eigenvalue weighted by molar-refractivity contribution is 0.442. The molecule has 0 aliphatic heterocycles. The summed E-state index contributed by atoms with van der Waals surface area (Å²) in [6.45, 7) is 0. The van der Waals surface area contributed by atoms with Gasteiger partial charge in [0.05, 0.1) is 0 Å². The molecular weight excluding hydrogens is 248 g/mol. The van der Waals surface area contributed by atoms with Crippen molar-refractivity contribution < 1.29 is 17.6 Å². The van der Waals surface area contributed by atoms with Crippen LogP contribution in [-0.4, -0.2) is 20.2 Å². The van der Waals surface area contributed by atoms with Crippen LogP contribution in [0.15, 0.2) is 6.07 Å². The van der Waals surface area contributed by atoms with Gasteiger partial charge in [-0.3, -0.25) is 0 Å². The van der Waals surface area contributed by atoms with Crippen molar-refractivity contribution in [1.82, 2.24) is 20.2 Å². The van der Waals surface area contributed by atoms with Gasteiger partial charge in [0, 0.05) is 6.07 Å². The van der Waals surface area contributed by atoms with Gasteiger partial charge in [-0.15, -0.1) is 0 Å².